The number of benzene rings is 2. The molecule has 0 aliphatic heterocycles. The molecule has 0 fully saturated rings. The second-order valence-electron chi connectivity index (χ2n) is 6.53. The molecular weight excluding hydrogens is 372 g/mol. The van der Waals surface area contributed by atoms with Crippen molar-refractivity contribution in [3.8, 4) is 5.69 Å². The molecule has 0 atom stereocenters. The third-order valence-electron chi connectivity index (χ3n) is 4.52. The van der Waals surface area contributed by atoms with E-state index in [9.17, 15) is 4.79 Å². The summed E-state index contributed by atoms with van der Waals surface area (Å²) in [7, 11) is 0. The van der Waals surface area contributed by atoms with E-state index in [2.05, 4.69) is 15.4 Å². The lowest BCUT2D eigenvalue weighted by Gasteiger charge is -2.03. The van der Waals surface area contributed by atoms with Crippen LogP contribution in [0.15, 0.2) is 59.0 Å². The van der Waals surface area contributed by atoms with Crippen LogP contribution in [0.5, 0.6) is 0 Å². The van der Waals surface area contributed by atoms with Gasteiger partial charge in [-0.1, -0.05) is 18.2 Å². The van der Waals surface area contributed by atoms with Crippen LogP contribution in [-0.4, -0.2) is 20.7 Å². The summed E-state index contributed by atoms with van der Waals surface area (Å²) in [5, 5.41) is 8.55. The molecule has 0 unspecified atom stereocenters. The minimum Gasteiger partial charge on any atom is -0.441 e. The third-order valence-corrected chi connectivity index (χ3v) is 5.63. The predicted octanol–water partition coefficient (Wildman–Crippen LogP) is 5.10. The number of nitrogens with zero attached hydrogens (tertiary/aromatic N) is 3. The zero-order valence-electron chi connectivity index (χ0n) is 15.3. The van der Waals surface area contributed by atoms with Crippen molar-refractivity contribution in [2.24, 2.45) is 0 Å². The number of thiophene rings is 1. The fourth-order valence-corrected chi connectivity index (χ4v) is 4.29. The molecule has 2 aromatic carbocycles. The molecular formula is C21H16N4O2S. The molecule has 138 valence electrons. The van der Waals surface area contributed by atoms with Gasteiger partial charge in [-0.3, -0.25) is 4.79 Å². The monoisotopic (exact) mass is 388 g/mol. The minimum atomic E-state index is -0.153. The second-order valence-corrected chi connectivity index (χ2v) is 7.56. The fraction of sp³-hybridized carbons (Fsp3) is 0.0952. The van der Waals surface area contributed by atoms with Gasteiger partial charge in [0.25, 0.3) is 5.91 Å². The van der Waals surface area contributed by atoms with Gasteiger partial charge >= 0.3 is 0 Å². The van der Waals surface area contributed by atoms with Gasteiger partial charge in [0.05, 0.1) is 16.3 Å². The van der Waals surface area contributed by atoms with Crippen molar-refractivity contribution in [3.05, 3.63) is 71.1 Å². The van der Waals surface area contributed by atoms with Crippen LogP contribution in [0.4, 0.5) is 5.69 Å². The zero-order chi connectivity index (χ0) is 19.3. The summed E-state index contributed by atoms with van der Waals surface area (Å²) in [6, 6.07) is 17.3. The maximum absolute atomic E-state index is 12.8. The maximum atomic E-state index is 12.8. The lowest BCUT2D eigenvalue weighted by molar-refractivity contribution is 0.103. The number of oxazole rings is 1. The first-order chi connectivity index (χ1) is 13.6. The first-order valence-electron chi connectivity index (χ1n) is 8.81. The molecule has 1 N–H and O–H groups in total. The van der Waals surface area contributed by atoms with Gasteiger partial charge in [0.1, 0.15) is 10.3 Å². The van der Waals surface area contributed by atoms with E-state index in [1.165, 1.54) is 11.3 Å². The van der Waals surface area contributed by atoms with Gasteiger partial charge in [-0.05, 0) is 43.3 Å². The van der Waals surface area contributed by atoms with Gasteiger partial charge in [-0.25, -0.2) is 9.67 Å². The summed E-state index contributed by atoms with van der Waals surface area (Å²) >= 11 is 1.43. The van der Waals surface area contributed by atoms with Gasteiger partial charge in [-0.15, -0.1) is 11.3 Å². The number of aromatic nitrogens is 3. The number of hydrogen-bond donors (Lipinski definition) is 1. The molecule has 3 aromatic heterocycles. The maximum Gasteiger partial charge on any atom is 0.265 e. The number of rotatable bonds is 3. The molecule has 0 aliphatic carbocycles. The van der Waals surface area contributed by atoms with Crippen molar-refractivity contribution in [1.29, 1.82) is 0 Å². The Kier molecular flexibility index (Phi) is 3.77. The van der Waals surface area contributed by atoms with Crippen molar-refractivity contribution < 1.29 is 9.21 Å². The molecule has 1 amide bonds. The summed E-state index contributed by atoms with van der Waals surface area (Å²) in [5.41, 5.74) is 3.98. The summed E-state index contributed by atoms with van der Waals surface area (Å²) in [5.74, 6) is 0.448. The van der Waals surface area contributed by atoms with E-state index in [1.54, 1.807) is 6.92 Å². The van der Waals surface area contributed by atoms with Crippen LogP contribution >= 0.6 is 11.3 Å². The molecule has 0 radical (unpaired) electrons. The van der Waals surface area contributed by atoms with Crippen LogP contribution in [0.25, 0.3) is 27.0 Å². The molecule has 28 heavy (non-hydrogen) atoms. The Morgan fingerprint density at radius 1 is 1.11 bits per heavy atom. The minimum absolute atomic E-state index is 0.153. The molecule has 0 saturated carbocycles. The van der Waals surface area contributed by atoms with Gasteiger partial charge < -0.3 is 9.73 Å². The number of para-hydroxylation sites is 1. The molecule has 5 aromatic rings. The Morgan fingerprint density at radius 3 is 2.75 bits per heavy atom. The number of carbonyl (C=O) groups is 1. The second kappa shape index (κ2) is 6.31. The lowest BCUT2D eigenvalue weighted by atomic mass is 10.2. The average molecular weight is 388 g/mol. The molecule has 0 aliphatic rings. The quantitative estimate of drug-likeness (QED) is 0.467. The van der Waals surface area contributed by atoms with Gasteiger partial charge in [0.15, 0.2) is 11.5 Å². The topological polar surface area (TPSA) is 73.0 Å². The molecule has 3 heterocycles. The molecule has 0 spiro atoms. The van der Waals surface area contributed by atoms with Crippen molar-refractivity contribution in [1.82, 2.24) is 14.8 Å². The smallest absolute Gasteiger partial charge is 0.265 e. The zero-order valence-corrected chi connectivity index (χ0v) is 16.1. The van der Waals surface area contributed by atoms with Crippen molar-refractivity contribution in [2.45, 2.75) is 13.8 Å². The summed E-state index contributed by atoms with van der Waals surface area (Å²) in [6.45, 7) is 3.75. The van der Waals surface area contributed by atoms with E-state index in [4.69, 9.17) is 4.42 Å². The number of anilines is 1. The van der Waals surface area contributed by atoms with E-state index < -0.39 is 0 Å². The van der Waals surface area contributed by atoms with E-state index in [1.807, 2.05) is 66.2 Å². The highest BCUT2D eigenvalue weighted by atomic mass is 32.1. The largest absolute Gasteiger partial charge is 0.441 e. The van der Waals surface area contributed by atoms with Crippen molar-refractivity contribution in [3.63, 3.8) is 0 Å². The fourth-order valence-electron chi connectivity index (χ4n) is 3.22. The highest BCUT2D eigenvalue weighted by Crippen LogP contribution is 2.31. The van der Waals surface area contributed by atoms with Gasteiger partial charge in [-0.2, -0.15) is 5.10 Å². The van der Waals surface area contributed by atoms with Crippen LogP contribution in [0.3, 0.4) is 0 Å². The van der Waals surface area contributed by atoms with Gasteiger partial charge in [0.2, 0.25) is 0 Å². The summed E-state index contributed by atoms with van der Waals surface area (Å²) < 4.78 is 7.36. The van der Waals surface area contributed by atoms with Crippen LogP contribution < -0.4 is 5.32 Å². The number of nitrogens with one attached hydrogen (secondary N) is 1. The van der Waals surface area contributed by atoms with E-state index in [-0.39, 0.29) is 5.91 Å². The lowest BCUT2D eigenvalue weighted by Crippen LogP contribution is -2.10. The Balaban J connectivity index is 1.49. The normalized spacial score (nSPS) is 11.4. The molecule has 7 heteroatoms. The van der Waals surface area contributed by atoms with E-state index >= 15 is 0 Å². The van der Waals surface area contributed by atoms with Crippen LogP contribution in [0.1, 0.15) is 21.3 Å². The first kappa shape index (κ1) is 16.7. The highest BCUT2D eigenvalue weighted by molar-refractivity contribution is 7.20. The third kappa shape index (κ3) is 2.76. The summed E-state index contributed by atoms with van der Waals surface area (Å²) in [4.78, 5) is 18.7. The van der Waals surface area contributed by atoms with Gasteiger partial charge in [0, 0.05) is 18.0 Å². The molecule has 5 rings (SSSR count). The SMILES string of the molecule is Cc1nc2cc(NC(=O)c3cc4c(C)nn(-c5ccccc5)c4s3)ccc2o1. The van der Waals surface area contributed by atoms with Crippen LogP contribution in [-0.2, 0) is 0 Å². The van der Waals surface area contributed by atoms with Crippen LogP contribution in [0.2, 0.25) is 0 Å². The van der Waals surface area contributed by atoms with E-state index in [0.29, 0.717) is 22.0 Å². The Hall–Kier alpha value is -3.45. The predicted molar refractivity (Wildman–Crippen MR) is 110 cm³/mol. The first-order valence-corrected chi connectivity index (χ1v) is 9.63. The molecule has 0 saturated heterocycles. The van der Waals surface area contributed by atoms with Crippen molar-refractivity contribution in [2.75, 3.05) is 5.32 Å². The number of amides is 1. The highest BCUT2D eigenvalue weighted by Gasteiger charge is 2.17. The molecule has 0 bridgehead atoms. The summed E-state index contributed by atoms with van der Waals surface area (Å²) in [6.07, 6.45) is 0. The average Bonchev–Trinajstić information content (AvgIpc) is 3.36. The number of aryl methyl sites for hydroxylation is 2. The number of hydrogen-bond acceptors (Lipinski definition) is 5. The standard InChI is InChI=1S/C21H16N4O2S/c1-12-16-11-19(28-21(16)25(24-12)15-6-4-3-5-7-15)20(26)23-14-8-9-18-17(10-14)22-13(2)27-18/h3-11H,1-2H3,(H,23,26). The Labute approximate surface area is 164 Å². The van der Waals surface area contributed by atoms with Crippen molar-refractivity contribution >= 4 is 44.2 Å². The molecule has 6 nitrogen and oxygen atoms in total. The number of carbonyl (C=O) groups excluding carboxylic acids is 1. The number of fused-ring (bicyclic) bond motifs is 2. The van der Waals surface area contributed by atoms with Crippen LogP contribution in [0, 0.1) is 13.8 Å². The Bertz CT molecular complexity index is 1330. The Morgan fingerprint density at radius 2 is 1.93 bits per heavy atom. The van der Waals surface area contributed by atoms with E-state index in [0.717, 1.165) is 27.1 Å².